The molecule has 0 atom stereocenters. The number of para-hydroxylation sites is 1. The summed E-state index contributed by atoms with van der Waals surface area (Å²) in [7, 11) is 0. The third-order valence-corrected chi connectivity index (χ3v) is 4.61. The van der Waals surface area contributed by atoms with Gasteiger partial charge in [0, 0.05) is 18.4 Å². The Morgan fingerprint density at radius 1 is 1.15 bits per heavy atom. The van der Waals surface area contributed by atoms with E-state index < -0.39 is 5.97 Å². The molecule has 0 saturated heterocycles. The lowest BCUT2D eigenvalue weighted by molar-refractivity contribution is -0.121. The maximum Gasteiger partial charge on any atom is 0.342 e. The molecule has 4 rings (SSSR count). The minimum Gasteiger partial charge on any atom is -0.452 e. The van der Waals surface area contributed by atoms with Crippen molar-refractivity contribution in [3.8, 4) is 5.82 Å². The van der Waals surface area contributed by atoms with Crippen LogP contribution in [0.15, 0.2) is 54.9 Å². The molecule has 7 heteroatoms. The minimum absolute atomic E-state index is 0.233. The summed E-state index contributed by atoms with van der Waals surface area (Å²) in [5.74, 6) is -0.197. The fourth-order valence-corrected chi connectivity index (χ4v) is 3.20. The molecule has 3 aromatic rings. The predicted molar refractivity (Wildman–Crippen MR) is 98.9 cm³/mol. The number of hydrogen-bond acceptors (Lipinski definition) is 5. The van der Waals surface area contributed by atoms with Crippen LogP contribution in [0.5, 0.6) is 0 Å². The van der Waals surface area contributed by atoms with Crippen LogP contribution < -0.4 is 4.90 Å². The standard InChI is InChI=1S/C20H18N4O3/c1-14-16(12-22-24(14)18-8-4-5-10-21-18)20(26)27-13-19(25)23-11-9-15-6-2-3-7-17(15)23/h2-8,10,12H,9,11,13H2,1H3. The summed E-state index contributed by atoms with van der Waals surface area (Å²) in [5.41, 5.74) is 2.94. The number of benzene rings is 1. The molecular formula is C20H18N4O3. The van der Waals surface area contributed by atoms with Gasteiger partial charge in [0.15, 0.2) is 12.4 Å². The Kier molecular flexibility index (Phi) is 4.42. The smallest absolute Gasteiger partial charge is 0.342 e. The van der Waals surface area contributed by atoms with E-state index in [0.717, 1.165) is 17.7 Å². The number of esters is 1. The number of carbonyl (C=O) groups excluding carboxylic acids is 2. The van der Waals surface area contributed by atoms with Crippen molar-refractivity contribution < 1.29 is 14.3 Å². The number of pyridine rings is 1. The number of carbonyl (C=O) groups is 2. The lowest BCUT2D eigenvalue weighted by Crippen LogP contribution is -2.33. The van der Waals surface area contributed by atoms with Crippen LogP contribution in [-0.2, 0) is 16.0 Å². The van der Waals surface area contributed by atoms with Crippen LogP contribution in [0.4, 0.5) is 5.69 Å². The Bertz CT molecular complexity index is 997. The predicted octanol–water partition coefficient (Wildman–Crippen LogP) is 2.32. The molecule has 0 bridgehead atoms. The zero-order valence-corrected chi connectivity index (χ0v) is 14.8. The molecule has 136 valence electrons. The minimum atomic E-state index is -0.574. The lowest BCUT2D eigenvalue weighted by Gasteiger charge is -2.17. The van der Waals surface area contributed by atoms with Gasteiger partial charge in [-0.15, -0.1) is 0 Å². The molecule has 0 aliphatic carbocycles. The molecule has 0 radical (unpaired) electrons. The van der Waals surface area contributed by atoms with E-state index in [1.165, 1.54) is 6.20 Å². The van der Waals surface area contributed by atoms with Crippen molar-refractivity contribution in [1.29, 1.82) is 0 Å². The Morgan fingerprint density at radius 2 is 1.96 bits per heavy atom. The van der Waals surface area contributed by atoms with Crippen LogP contribution in [0.3, 0.4) is 0 Å². The summed E-state index contributed by atoms with van der Waals surface area (Å²) in [5, 5.41) is 4.20. The number of nitrogens with zero attached hydrogens (tertiary/aromatic N) is 4. The summed E-state index contributed by atoms with van der Waals surface area (Å²) < 4.78 is 6.81. The van der Waals surface area contributed by atoms with E-state index in [9.17, 15) is 9.59 Å². The van der Waals surface area contributed by atoms with Crippen molar-refractivity contribution >= 4 is 17.6 Å². The van der Waals surface area contributed by atoms with Gasteiger partial charge in [-0.1, -0.05) is 24.3 Å². The van der Waals surface area contributed by atoms with E-state index in [2.05, 4.69) is 10.1 Å². The molecule has 0 unspecified atom stereocenters. The van der Waals surface area contributed by atoms with Gasteiger partial charge < -0.3 is 9.64 Å². The van der Waals surface area contributed by atoms with Gasteiger partial charge in [-0.05, 0) is 37.1 Å². The second-order valence-corrected chi connectivity index (χ2v) is 6.24. The third-order valence-electron chi connectivity index (χ3n) is 4.61. The molecule has 0 N–H and O–H groups in total. The zero-order chi connectivity index (χ0) is 18.8. The van der Waals surface area contributed by atoms with Gasteiger partial charge in [-0.2, -0.15) is 5.10 Å². The Morgan fingerprint density at radius 3 is 2.78 bits per heavy atom. The van der Waals surface area contributed by atoms with Crippen molar-refractivity contribution in [2.45, 2.75) is 13.3 Å². The van der Waals surface area contributed by atoms with Gasteiger partial charge in [0.25, 0.3) is 5.91 Å². The average molecular weight is 362 g/mol. The van der Waals surface area contributed by atoms with Crippen LogP contribution >= 0.6 is 0 Å². The molecule has 3 heterocycles. The maximum atomic E-state index is 12.5. The number of ether oxygens (including phenoxy) is 1. The molecule has 1 aliphatic rings. The topological polar surface area (TPSA) is 77.3 Å². The lowest BCUT2D eigenvalue weighted by atomic mass is 10.2. The highest BCUT2D eigenvalue weighted by Crippen LogP contribution is 2.27. The molecule has 0 fully saturated rings. The SMILES string of the molecule is Cc1c(C(=O)OCC(=O)N2CCc3ccccc32)cnn1-c1ccccn1. The van der Waals surface area contributed by atoms with Crippen LogP contribution in [0, 0.1) is 6.92 Å². The normalized spacial score (nSPS) is 12.7. The quantitative estimate of drug-likeness (QED) is 0.666. The van der Waals surface area contributed by atoms with Gasteiger partial charge in [-0.3, -0.25) is 4.79 Å². The highest BCUT2D eigenvalue weighted by molar-refractivity contribution is 5.98. The molecule has 1 aliphatic heterocycles. The van der Waals surface area contributed by atoms with E-state index in [-0.39, 0.29) is 12.5 Å². The Labute approximate surface area is 156 Å². The molecule has 1 aromatic carbocycles. The summed E-state index contributed by atoms with van der Waals surface area (Å²) in [4.78, 5) is 30.8. The molecule has 7 nitrogen and oxygen atoms in total. The first kappa shape index (κ1) is 17.0. The number of rotatable bonds is 4. The summed E-state index contributed by atoms with van der Waals surface area (Å²) in [6, 6.07) is 13.2. The van der Waals surface area contributed by atoms with Crippen molar-refractivity contribution in [1.82, 2.24) is 14.8 Å². The molecule has 0 saturated carbocycles. The third kappa shape index (κ3) is 3.19. The van der Waals surface area contributed by atoms with Gasteiger partial charge >= 0.3 is 5.97 Å². The van der Waals surface area contributed by atoms with E-state index in [0.29, 0.717) is 23.6 Å². The average Bonchev–Trinajstić information content (AvgIpc) is 3.30. The van der Waals surface area contributed by atoms with Gasteiger partial charge in [0.2, 0.25) is 0 Å². The Balaban J connectivity index is 1.43. The molecule has 1 amide bonds. The molecule has 2 aromatic heterocycles. The van der Waals surface area contributed by atoms with Gasteiger partial charge in [0.05, 0.1) is 11.9 Å². The Hall–Kier alpha value is -3.48. The van der Waals surface area contributed by atoms with E-state index in [1.807, 2.05) is 30.3 Å². The molecular weight excluding hydrogens is 344 g/mol. The van der Waals surface area contributed by atoms with Crippen molar-refractivity contribution in [2.75, 3.05) is 18.1 Å². The van der Waals surface area contributed by atoms with Crippen molar-refractivity contribution in [2.24, 2.45) is 0 Å². The maximum absolute atomic E-state index is 12.5. The number of amides is 1. The number of fused-ring (bicyclic) bond motifs is 1. The summed E-state index contributed by atoms with van der Waals surface area (Å²) >= 11 is 0. The van der Waals surface area contributed by atoms with Crippen molar-refractivity contribution in [3.63, 3.8) is 0 Å². The van der Waals surface area contributed by atoms with E-state index >= 15 is 0 Å². The fraction of sp³-hybridized carbons (Fsp3) is 0.200. The highest BCUT2D eigenvalue weighted by Gasteiger charge is 2.25. The highest BCUT2D eigenvalue weighted by atomic mass is 16.5. The first-order valence-electron chi connectivity index (χ1n) is 8.66. The first-order valence-corrected chi connectivity index (χ1v) is 8.66. The van der Waals surface area contributed by atoms with Gasteiger partial charge in [0.1, 0.15) is 5.56 Å². The van der Waals surface area contributed by atoms with Crippen LogP contribution in [0.25, 0.3) is 5.82 Å². The monoisotopic (exact) mass is 362 g/mol. The molecule has 27 heavy (non-hydrogen) atoms. The van der Waals surface area contributed by atoms with E-state index in [1.54, 1.807) is 34.8 Å². The second-order valence-electron chi connectivity index (χ2n) is 6.24. The number of aromatic nitrogens is 3. The van der Waals surface area contributed by atoms with Crippen molar-refractivity contribution in [3.05, 3.63) is 71.7 Å². The van der Waals surface area contributed by atoms with Crippen LogP contribution in [0.1, 0.15) is 21.6 Å². The van der Waals surface area contributed by atoms with E-state index in [4.69, 9.17) is 4.74 Å². The summed E-state index contributed by atoms with van der Waals surface area (Å²) in [6.07, 6.45) is 3.90. The number of anilines is 1. The fourth-order valence-electron chi connectivity index (χ4n) is 3.20. The number of hydrogen-bond donors (Lipinski definition) is 0. The first-order chi connectivity index (χ1) is 13.1. The largest absolute Gasteiger partial charge is 0.452 e. The summed E-state index contributed by atoms with van der Waals surface area (Å²) in [6.45, 7) is 2.06. The van der Waals surface area contributed by atoms with Crippen LogP contribution in [-0.4, -0.2) is 39.8 Å². The second kappa shape index (κ2) is 7.03. The molecule has 0 spiro atoms. The van der Waals surface area contributed by atoms with Gasteiger partial charge in [-0.25, -0.2) is 14.5 Å². The zero-order valence-electron chi connectivity index (χ0n) is 14.8. The van der Waals surface area contributed by atoms with Crippen LogP contribution in [0.2, 0.25) is 0 Å².